The zero-order valence-electron chi connectivity index (χ0n) is 18.2. The first-order chi connectivity index (χ1) is 16.0. The molecule has 0 aliphatic heterocycles. The summed E-state index contributed by atoms with van der Waals surface area (Å²) in [4.78, 5) is 21.6. The van der Waals surface area contributed by atoms with Crippen LogP contribution in [0.25, 0.3) is 21.1 Å². The number of nitrogens with one attached hydrogen (secondary N) is 1. The maximum atomic E-state index is 12.5. The van der Waals surface area contributed by atoms with Gasteiger partial charge in [0.2, 0.25) is 5.91 Å². The Labute approximate surface area is 198 Å². The summed E-state index contributed by atoms with van der Waals surface area (Å²) in [5.41, 5.74) is 1.82. The zero-order valence-corrected chi connectivity index (χ0v) is 19.8. The highest BCUT2D eigenvalue weighted by Crippen LogP contribution is 2.34. The third-order valence-electron chi connectivity index (χ3n) is 4.66. The fraction of sp³-hybridized carbons (Fsp3) is 0.217. The van der Waals surface area contributed by atoms with E-state index in [9.17, 15) is 10.1 Å². The van der Waals surface area contributed by atoms with Crippen LogP contribution in [0.2, 0.25) is 0 Å². The molecule has 1 amide bonds. The second-order valence-corrected chi connectivity index (χ2v) is 8.77. The van der Waals surface area contributed by atoms with Crippen LogP contribution in [-0.4, -0.2) is 42.5 Å². The Hall–Kier alpha value is -3.55. The lowest BCUT2D eigenvalue weighted by atomic mass is 10.1. The maximum Gasteiger partial charge on any atom is 0.236 e. The van der Waals surface area contributed by atoms with Gasteiger partial charge in [-0.3, -0.25) is 4.79 Å². The molecule has 0 radical (unpaired) electrons. The Balaban J connectivity index is 1.49. The highest BCUT2D eigenvalue weighted by Gasteiger charge is 2.14. The minimum Gasteiger partial charge on any atom is -0.494 e. The van der Waals surface area contributed by atoms with Gasteiger partial charge < -0.3 is 19.5 Å². The lowest BCUT2D eigenvalue weighted by molar-refractivity contribution is -0.113. The summed E-state index contributed by atoms with van der Waals surface area (Å²) in [6.07, 6.45) is 0. The van der Waals surface area contributed by atoms with Crippen LogP contribution in [0.5, 0.6) is 17.2 Å². The van der Waals surface area contributed by atoms with Crippen molar-refractivity contribution >= 4 is 55.3 Å². The Morgan fingerprint density at radius 3 is 2.64 bits per heavy atom. The van der Waals surface area contributed by atoms with Gasteiger partial charge in [-0.2, -0.15) is 5.26 Å². The Bertz CT molecular complexity index is 1380. The van der Waals surface area contributed by atoms with Gasteiger partial charge in [-0.15, -0.1) is 0 Å². The second kappa shape index (κ2) is 9.94. The van der Waals surface area contributed by atoms with Gasteiger partial charge in [0.1, 0.15) is 16.8 Å². The molecule has 168 valence electrons. The van der Waals surface area contributed by atoms with E-state index < -0.39 is 0 Å². The van der Waals surface area contributed by atoms with Crippen LogP contribution in [0.3, 0.4) is 0 Å². The molecule has 0 unspecified atom stereocenters. The number of hydrogen-bond donors (Lipinski definition) is 1. The van der Waals surface area contributed by atoms with E-state index in [0.717, 1.165) is 21.4 Å². The summed E-state index contributed by atoms with van der Waals surface area (Å²) in [6, 6.07) is 13.0. The van der Waals surface area contributed by atoms with Crippen molar-refractivity contribution in [2.45, 2.75) is 11.9 Å². The zero-order chi connectivity index (χ0) is 23.4. The van der Waals surface area contributed by atoms with Crippen LogP contribution >= 0.6 is 23.1 Å². The number of hydrogen-bond acceptors (Lipinski definition) is 9. The number of rotatable bonds is 8. The number of nitriles is 1. The van der Waals surface area contributed by atoms with Gasteiger partial charge in [0.25, 0.3) is 0 Å². The first kappa shape index (κ1) is 22.6. The SMILES string of the molecule is CCOc1ccc2nc(NC(=O)CSc3nc4cc(OC)c(OC)cc4cc3C#N)sc2c1. The van der Waals surface area contributed by atoms with E-state index >= 15 is 0 Å². The number of thioether (sulfide) groups is 1. The highest BCUT2D eigenvalue weighted by atomic mass is 32.2. The van der Waals surface area contributed by atoms with E-state index in [4.69, 9.17) is 14.2 Å². The predicted octanol–water partition coefficient (Wildman–Crippen LogP) is 4.86. The van der Waals surface area contributed by atoms with Gasteiger partial charge >= 0.3 is 0 Å². The van der Waals surface area contributed by atoms with E-state index in [1.165, 1.54) is 23.1 Å². The fourth-order valence-corrected chi connectivity index (χ4v) is 4.85. The maximum absolute atomic E-state index is 12.5. The van der Waals surface area contributed by atoms with Crippen molar-refractivity contribution in [3.8, 4) is 23.3 Å². The molecule has 0 aliphatic rings. The highest BCUT2D eigenvalue weighted by molar-refractivity contribution is 8.00. The molecule has 2 heterocycles. The Morgan fingerprint density at radius 1 is 1.12 bits per heavy atom. The molecule has 33 heavy (non-hydrogen) atoms. The number of benzene rings is 2. The molecule has 8 nitrogen and oxygen atoms in total. The summed E-state index contributed by atoms with van der Waals surface area (Å²) < 4.78 is 17.1. The first-order valence-electron chi connectivity index (χ1n) is 9.97. The Morgan fingerprint density at radius 2 is 1.91 bits per heavy atom. The predicted molar refractivity (Wildman–Crippen MR) is 130 cm³/mol. The van der Waals surface area contributed by atoms with Gasteiger partial charge in [0.15, 0.2) is 16.6 Å². The van der Waals surface area contributed by atoms with Crippen LogP contribution in [-0.2, 0) is 4.79 Å². The molecule has 4 rings (SSSR count). The molecular weight excluding hydrogens is 460 g/mol. The number of pyridine rings is 1. The van der Waals surface area contributed by atoms with Gasteiger partial charge in [-0.25, -0.2) is 9.97 Å². The molecule has 0 saturated carbocycles. The summed E-state index contributed by atoms with van der Waals surface area (Å²) >= 11 is 2.57. The molecule has 0 aliphatic carbocycles. The van der Waals surface area contributed by atoms with Crippen molar-refractivity contribution in [3.05, 3.63) is 42.0 Å². The monoisotopic (exact) mass is 480 g/mol. The molecule has 4 aromatic rings. The smallest absolute Gasteiger partial charge is 0.236 e. The normalized spacial score (nSPS) is 10.7. The van der Waals surface area contributed by atoms with Crippen LogP contribution in [0.1, 0.15) is 12.5 Å². The van der Waals surface area contributed by atoms with Crippen LogP contribution in [0, 0.1) is 11.3 Å². The van der Waals surface area contributed by atoms with E-state index in [-0.39, 0.29) is 11.7 Å². The molecule has 1 N–H and O–H groups in total. The number of thiazole rings is 1. The van der Waals surface area contributed by atoms with Crippen LogP contribution < -0.4 is 19.5 Å². The van der Waals surface area contributed by atoms with E-state index in [1.807, 2.05) is 25.1 Å². The summed E-state index contributed by atoms with van der Waals surface area (Å²) in [5, 5.41) is 14.1. The van der Waals surface area contributed by atoms with Crippen LogP contribution in [0.15, 0.2) is 41.4 Å². The van der Waals surface area contributed by atoms with E-state index in [0.29, 0.717) is 39.3 Å². The number of fused-ring (bicyclic) bond motifs is 2. The molecule has 2 aromatic heterocycles. The number of carbonyl (C=O) groups excluding carboxylic acids is 1. The molecule has 0 bridgehead atoms. The van der Waals surface area contributed by atoms with Gasteiger partial charge in [-0.1, -0.05) is 23.1 Å². The van der Waals surface area contributed by atoms with Crippen molar-refractivity contribution in [1.29, 1.82) is 5.26 Å². The number of methoxy groups -OCH3 is 2. The third kappa shape index (κ3) is 4.94. The largest absolute Gasteiger partial charge is 0.494 e. The van der Waals surface area contributed by atoms with E-state index in [1.54, 1.807) is 32.4 Å². The molecule has 0 atom stereocenters. The third-order valence-corrected chi connectivity index (χ3v) is 6.59. The van der Waals surface area contributed by atoms with Crippen molar-refractivity contribution in [1.82, 2.24) is 9.97 Å². The number of nitrogens with zero attached hydrogens (tertiary/aromatic N) is 3. The van der Waals surface area contributed by atoms with Gasteiger partial charge in [0, 0.05) is 11.5 Å². The molecule has 10 heteroatoms. The minimum absolute atomic E-state index is 0.0839. The molecular formula is C23H20N4O4S2. The number of ether oxygens (including phenoxy) is 3. The number of anilines is 1. The molecule has 0 fully saturated rings. The Kier molecular flexibility index (Phi) is 6.82. The summed E-state index contributed by atoms with van der Waals surface area (Å²) in [5.74, 6) is 1.71. The average molecular weight is 481 g/mol. The fourth-order valence-electron chi connectivity index (χ4n) is 3.18. The lowest BCUT2D eigenvalue weighted by Crippen LogP contribution is -2.14. The molecule has 0 spiro atoms. The number of aromatic nitrogens is 2. The first-order valence-corrected chi connectivity index (χ1v) is 11.8. The van der Waals surface area contributed by atoms with Crippen molar-refractivity contribution in [3.63, 3.8) is 0 Å². The van der Waals surface area contributed by atoms with Crippen LogP contribution in [0.4, 0.5) is 5.13 Å². The lowest BCUT2D eigenvalue weighted by Gasteiger charge is -2.10. The average Bonchev–Trinajstić information content (AvgIpc) is 3.22. The molecule has 0 saturated heterocycles. The number of amides is 1. The van der Waals surface area contributed by atoms with Gasteiger partial charge in [0.05, 0.1) is 47.9 Å². The van der Waals surface area contributed by atoms with Crippen molar-refractivity contribution in [2.75, 3.05) is 31.9 Å². The van der Waals surface area contributed by atoms with Crippen molar-refractivity contribution < 1.29 is 19.0 Å². The standard InChI is InChI=1S/C23H20N4O4S2/c1-4-31-15-5-6-16-20(9-15)33-23(26-16)27-21(28)12-32-22-14(11-24)7-13-8-18(29-2)19(30-3)10-17(13)25-22/h5-10H,4,12H2,1-3H3,(H,26,27,28). The summed E-state index contributed by atoms with van der Waals surface area (Å²) in [6.45, 7) is 2.51. The quantitative estimate of drug-likeness (QED) is 0.356. The topological polar surface area (TPSA) is 106 Å². The van der Waals surface area contributed by atoms with E-state index in [2.05, 4.69) is 21.4 Å². The minimum atomic E-state index is -0.234. The number of carbonyl (C=O) groups is 1. The van der Waals surface area contributed by atoms with Gasteiger partial charge in [-0.05, 0) is 37.3 Å². The summed E-state index contributed by atoms with van der Waals surface area (Å²) in [7, 11) is 3.10. The second-order valence-electron chi connectivity index (χ2n) is 6.77. The molecule has 2 aromatic carbocycles. The van der Waals surface area contributed by atoms with Crippen molar-refractivity contribution in [2.24, 2.45) is 0 Å².